The Labute approximate surface area is 137 Å². The largest absolute Gasteiger partial charge is 0.330 e. The second kappa shape index (κ2) is 6.16. The molecule has 1 aliphatic rings. The van der Waals surface area contributed by atoms with Crippen molar-refractivity contribution in [3.05, 3.63) is 63.3 Å². The molecule has 1 aliphatic heterocycles. The zero-order valence-electron chi connectivity index (χ0n) is 11.3. The van der Waals surface area contributed by atoms with Crippen LogP contribution < -0.4 is 0 Å². The average molecular weight is 366 g/mol. The molecule has 108 valence electrons. The Bertz CT molecular complexity index is 677. The molecule has 0 spiro atoms. The van der Waals surface area contributed by atoms with E-state index < -0.39 is 0 Å². The number of halogens is 2. The molecule has 1 unspecified atom stereocenters. The van der Waals surface area contributed by atoms with Crippen molar-refractivity contribution in [2.45, 2.75) is 18.9 Å². The first-order chi connectivity index (χ1) is 10.2. The van der Waals surface area contributed by atoms with E-state index >= 15 is 0 Å². The molecular formula is C16H14BrClN2O. The number of hydrogen-bond acceptors (Lipinski definition) is 2. The fourth-order valence-corrected chi connectivity index (χ4v) is 3.44. The van der Waals surface area contributed by atoms with Crippen LogP contribution in [0.5, 0.6) is 0 Å². The standard InChI is InChI=1S/C16H14BrClN2O/c17-12-6-3-9-19-15(12)16(21)20-10-4-8-14(20)11-5-1-2-7-13(11)18/h1-3,5-7,9,14H,4,8,10H2. The van der Waals surface area contributed by atoms with Crippen LogP contribution in [0.25, 0.3) is 0 Å². The van der Waals surface area contributed by atoms with Gasteiger partial charge in [0.1, 0.15) is 5.69 Å². The van der Waals surface area contributed by atoms with E-state index in [4.69, 9.17) is 11.6 Å². The first-order valence-electron chi connectivity index (χ1n) is 6.84. The number of aromatic nitrogens is 1. The van der Waals surface area contributed by atoms with Crippen LogP contribution in [0.3, 0.4) is 0 Å². The molecular weight excluding hydrogens is 352 g/mol. The van der Waals surface area contributed by atoms with Gasteiger partial charge < -0.3 is 4.90 Å². The van der Waals surface area contributed by atoms with E-state index in [1.807, 2.05) is 35.2 Å². The number of pyridine rings is 1. The number of hydrogen-bond donors (Lipinski definition) is 0. The SMILES string of the molecule is O=C(c1ncccc1Br)N1CCCC1c1ccccc1Cl. The van der Waals surface area contributed by atoms with Crippen molar-refractivity contribution in [3.63, 3.8) is 0 Å². The summed E-state index contributed by atoms with van der Waals surface area (Å²) in [5, 5.41) is 0.710. The lowest BCUT2D eigenvalue weighted by molar-refractivity contribution is 0.0729. The fraction of sp³-hybridized carbons (Fsp3) is 0.250. The fourth-order valence-electron chi connectivity index (χ4n) is 2.76. The summed E-state index contributed by atoms with van der Waals surface area (Å²) in [5.74, 6) is -0.0510. The molecule has 0 N–H and O–H groups in total. The molecule has 0 saturated carbocycles. The van der Waals surface area contributed by atoms with Gasteiger partial charge >= 0.3 is 0 Å². The summed E-state index contributed by atoms with van der Waals surface area (Å²) in [5.41, 5.74) is 1.47. The molecule has 2 heterocycles. The predicted octanol–water partition coefficient (Wildman–Crippen LogP) is 4.47. The van der Waals surface area contributed by atoms with Crippen molar-refractivity contribution in [3.8, 4) is 0 Å². The molecule has 0 bridgehead atoms. The minimum absolute atomic E-state index is 0.0279. The van der Waals surface area contributed by atoms with Crippen LogP contribution in [0.4, 0.5) is 0 Å². The second-order valence-corrected chi connectivity index (χ2v) is 6.27. The van der Waals surface area contributed by atoms with Gasteiger partial charge in [0.25, 0.3) is 5.91 Å². The third-order valence-electron chi connectivity index (χ3n) is 3.74. The van der Waals surface area contributed by atoms with E-state index in [1.165, 1.54) is 0 Å². The minimum atomic E-state index is -0.0510. The normalized spacial score (nSPS) is 18.0. The summed E-state index contributed by atoms with van der Waals surface area (Å²) in [6.45, 7) is 0.734. The number of benzene rings is 1. The Kier molecular flexibility index (Phi) is 4.27. The Morgan fingerprint density at radius 1 is 1.29 bits per heavy atom. The molecule has 1 aromatic heterocycles. The Balaban J connectivity index is 1.93. The molecule has 1 atom stereocenters. The summed E-state index contributed by atoms with van der Waals surface area (Å²) in [7, 11) is 0. The molecule has 0 aliphatic carbocycles. The van der Waals surface area contributed by atoms with E-state index in [1.54, 1.807) is 12.3 Å². The van der Waals surface area contributed by atoms with Gasteiger partial charge in [-0.15, -0.1) is 0 Å². The first kappa shape index (κ1) is 14.5. The number of amides is 1. The van der Waals surface area contributed by atoms with Gasteiger partial charge in [-0.1, -0.05) is 29.8 Å². The van der Waals surface area contributed by atoms with Crippen molar-refractivity contribution < 1.29 is 4.79 Å². The lowest BCUT2D eigenvalue weighted by Gasteiger charge is -2.25. The highest BCUT2D eigenvalue weighted by Crippen LogP contribution is 2.36. The zero-order chi connectivity index (χ0) is 14.8. The van der Waals surface area contributed by atoms with E-state index in [0.717, 1.165) is 29.4 Å². The number of likely N-dealkylation sites (tertiary alicyclic amines) is 1. The van der Waals surface area contributed by atoms with Crippen molar-refractivity contribution in [2.24, 2.45) is 0 Å². The Morgan fingerprint density at radius 3 is 2.86 bits per heavy atom. The quantitative estimate of drug-likeness (QED) is 0.786. The summed E-state index contributed by atoms with van der Waals surface area (Å²) in [6.07, 6.45) is 3.55. The highest BCUT2D eigenvalue weighted by atomic mass is 79.9. The third kappa shape index (κ3) is 2.83. The topological polar surface area (TPSA) is 33.2 Å². The van der Waals surface area contributed by atoms with Gasteiger partial charge in [0, 0.05) is 22.2 Å². The van der Waals surface area contributed by atoms with Gasteiger partial charge in [0.05, 0.1) is 6.04 Å². The van der Waals surface area contributed by atoms with Crippen LogP contribution in [0.2, 0.25) is 5.02 Å². The summed E-state index contributed by atoms with van der Waals surface area (Å²) in [6, 6.07) is 11.4. The first-order valence-corrected chi connectivity index (χ1v) is 8.01. The van der Waals surface area contributed by atoms with E-state index in [9.17, 15) is 4.79 Å². The van der Waals surface area contributed by atoms with Crippen molar-refractivity contribution in [2.75, 3.05) is 6.54 Å². The monoisotopic (exact) mass is 364 g/mol. The van der Waals surface area contributed by atoms with Gasteiger partial charge in [-0.2, -0.15) is 0 Å². The van der Waals surface area contributed by atoms with E-state index in [0.29, 0.717) is 10.7 Å². The molecule has 1 aromatic carbocycles. The highest BCUT2D eigenvalue weighted by Gasteiger charge is 2.32. The minimum Gasteiger partial charge on any atom is -0.330 e. The summed E-state index contributed by atoms with van der Waals surface area (Å²) in [4.78, 5) is 18.8. The van der Waals surface area contributed by atoms with Crippen LogP contribution in [-0.4, -0.2) is 22.3 Å². The smallest absolute Gasteiger partial charge is 0.274 e. The zero-order valence-corrected chi connectivity index (χ0v) is 13.6. The highest BCUT2D eigenvalue weighted by molar-refractivity contribution is 9.10. The second-order valence-electron chi connectivity index (χ2n) is 5.01. The number of nitrogens with zero attached hydrogens (tertiary/aromatic N) is 2. The Morgan fingerprint density at radius 2 is 2.10 bits per heavy atom. The van der Waals surface area contributed by atoms with Crippen molar-refractivity contribution in [1.29, 1.82) is 0 Å². The molecule has 21 heavy (non-hydrogen) atoms. The van der Waals surface area contributed by atoms with Crippen LogP contribution in [0, 0.1) is 0 Å². The van der Waals surface area contributed by atoms with Crippen LogP contribution in [-0.2, 0) is 0 Å². The van der Waals surface area contributed by atoms with Crippen molar-refractivity contribution in [1.82, 2.24) is 9.88 Å². The third-order valence-corrected chi connectivity index (χ3v) is 4.72. The Hall–Kier alpha value is -1.39. The molecule has 1 saturated heterocycles. The predicted molar refractivity (Wildman–Crippen MR) is 86.4 cm³/mol. The summed E-state index contributed by atoms with van der Waals surface area (Å²) < 4.78 is 0.722. The van der Waals surface area contributed by atoms with Gasteiger partial charge in [-0.3, -0.25) is 4.79 Å². The van der Waals surface area contributed by atoms with Gasteiger partial charge in [0.15, 0.2) is 0 Å². The number of carbonyl (C=O) groups excluding carboxylic acids is 1. The maximum Gasteiger partial charge on any atom is 0.274 e. The van der Waals surface area contributed by atoms with Gasteiger partial charge in [-0.05, 0) is 52.5 Å². The molecule has 3 rings (SSSR count). The van der Waals surface area contributed by atoms with E-state index in [2.05, 4.69) is 20.9 Å². The maximum atomic E-state index is 12.8. The molecule has 5 heteroatoms. The lowest BCUT2D eigenvalue weighted by atomic mass is 10.0. The molecule has 1 amide bonds. The van der Waals surface area contributed by atoms with Crippen LogP contribution >= 0.6 is 27.5 Å². The van der Waals surface area contributed by atoms with Crippen LogP contribution in [0.1, 0.15) is 34.9 Å². The van der Waals surface area contributed by atoms with Gasteiger partial charge in [-0.25, -0.2) is 4.98 Å². The van der Waals surface area contributed by atoms with Crippen LogP contribution in [0.15, 0.2) is 47.1 Å². The molecule has 3 nitrogen and oxygen atoms in total. The average Bonchev–Trinajstić information content (AvgIpc) is 2.97. The van der Waals surface area contributed by atoms with Crippen molar-refractivity contribution >= 4 is 33.4 Å². The maximum absolute atomic E-state index is 12.8. The number of carbonyl (C=O) groups is 1. The number of rotatable bonds is 2. The lowest BCUT2D eigenvalue weighted by Crippen LogP contribution is -2.31. The van der Waals surface area contributed by atoms with Gasteiger partial charge in [0.2, 0.25) is 0 Å². The van der Waals surface area contributed by atoms with E-state index in [-0.39, 0.29) is 11.9 Å². The molecule has 0 radical (unpaired) electrons. The summed E-state index contributed by atoms with van der Waals surface area (Å²) >= 11 is 9.69. The molecule has 2 aromatic rings. The molecule has 1 fully saturated rings.